The molecule has 1 fully saturated rings. The second-order valence-electron chi connectivity index (χ2n) is 7.22. The fourth-order valence-corrected chi connectivity index (χ4v) is 3.48. The third kappa shape index (κ3) is 3.50. The van der Waals surface area contributed by atoms with Gasteiger partial charge < -0.3 is 9.72 Å². The highest BCUT2D eigenvalue weighted by atomic mass is 19.1. The Morgan fingerprint density at radius 3 is 2.85 bits per heavy atom. The van der Waals surface area contributed by atoms with E-state index in [1.54, 1.807) is 4.68 Å². The number of hydrogen-bond acceptors (Lipinski definition) is 4. The van der Waals surface area contributed by atoms with Crippen molar-refractivity contribution in [2.75, 3.05) is 13.1 Å². The van der Waals surface area contributed by atoms with Gasteiger partial charge in [-0.25, -0.2) is 9.37 Å². The fraction of sp³-hybridized carbons (Fsp3) is 0.474. The van der Waals surface area contributed by atoms with E-state index in [0.29, 0.717) is 26.2 Å². The summed E-state index contributed by atoms with van der Waals surface area (Å²) in [6, 6.07) is 4.15. The Balaban J connectivity index is 1.37. The van der Waals surface area contributed by atoms with E-state index >= 15 is 0 Å². The summed E-state index contributed by atoms with van der Waals surface area (Å²) in [5.74, 6) is 0.739. The molecular weight excluding hydrogens is 333 g/mol. The van der Waals surface area contributed by atoms with Crippen molar-refractivity contribution in [1.82, 2.24) is 24.6 Å². The van der Waals surface area contributed by atoms with E-state index < -0.39 is 12.3 Å². The van der Waals surface area contributed by atoms with E-state index in [1.165, 1.54) is 11.1 Å². The molecule has 3 heterocycles. The number of nitrogens with one attached hydrogen (secondary N) is 1. The predicted molar refractivity (Wildman–Crippen MR) is 97.5 cm³/mol. The Morgan fingerprint density at radius 2 is 2.08 bits per heavy atom. The summed E-state index contributed by atoms with van der Waals surface area (Å²) < 4.78 is 21.9. The van der Waals surface area contributed by atoms with Gasteiger partial charge in [-0.15, -0.1) is 0 Å². The second-order valence-corrected chi connectivity index (χ2v) is 7.22. The van der Waals surface area contributed by atoms with Crippen LogP contribution in [-0.2, 0) is 24.9 Å². The number of likely N-dealkylation sites (tertiary alicyclic amines) is 1. The van der Waals surface area contributed by atoms with Crippen molar-refractivity contribution in [2.45, 2.75) is 39.3 Å². The van der Waals surface area contributed by atoms with Gasteiger partial charge >= 0.3 is 0 Å². The number of nitrogens with zero attached hydrogens (tertiary/aromatic N) is 4. The number of alkyl halides is 1. The largest absolute Gasteiger partial charge is 0.366 e. The van der Waals surface area contributed by atoms with Gasteiger partial charge in [0.05, 0.1) is 17.2 Å². The molecule has 0 radical (unpaired) electrons. The summed E-state index contributed by atoms with van der Waals surface area (Å²) in [7, 11) is 1.88. The van der Waals surface area contributed by atoms with E-state index in [1.807, 2.05) is 19.4 Å². The number of aryl methyl sites for hydroxylation is 3. The van der Waals surface area contributed by atoms with Gasteiger partial charge in [0.1, 0.15) is 24.7 Å². The number of aromatic nitrogens is 4. The molecule has 1 aromatic carbocycles. The molecule has 1 aliphatic heterocycles. The maximum Gasteiger partial charge on any atom is 0.140 e. The van der Waals surface area contributed by atoms with Crippen molar-refractivity contribution >= 4 is 11.0 Å². The molecule has 0 saturated carbocycles. The topological polar surface area (TPSA) is 59.0 Å². The molecule has 0 aliphatic carbocycles. The molecule has 2 aromatic heterocycles. The number of imidazole rings is 1. The monoisotopic (exact) mass is 357 g/mol. The third-order valence-corrected chi connectivity index (χ3v) is 5.02. The first-order valence-corrected chi connectivity index (χ1v) is 8.89. The van der Waals surface area contributed by atoms with Gasteiger partial charge in [-0.2, -0.15) is 5.10 Å². The number of H-pyrrole nitrogens is 1. The van der Waals surface area contributed by atoms with Crippen LogP contribution in [0.15, 0.2) is 24.5 Å². The van der Waals surface area contributed by atoms with Crippen molar-refractivity contribution in [3.05, 3.63) is 47.0 Å². The maximum atomic E-state index is 14.3. The van der Waals surface area contributed by atoms with Gasteiger partial charge in [0.2, 0.25) is 0 Å². The van der Waals surface area contributed by atoms with Crippen LogP contribution in [0.4, 0.5) is 4.39 Å². The standard InChI is InChI=1S/C19H24FN5O/c1-12-4-16-17(5-13(12)2)23-19(22-16)11-26-18-10-25(9-15(18)20)8-14-6-21-24(3)7-14/h4-7,15,18H,8-11H2,1-3H3,(H,22,23)/t15-,18+/m1/s1. The zero-order valence-corrected chi connectivity index (χ0v) is 15.4. The van der Waals surface area contributed by atoms with E-state index in [2.05, 4.69) is 45.9 Å². The normalized spacial score (nSPS) is 21.1. The molecule has 6 nitrogen and oxygen atoms in total. The second kappa shape index (κ2) is 6.81. The zero-order valence-electron chi connectivity index (χ0n) is 15.4. The number of hydrogen-bond donors (Lipinski definition) is 1. The molecule has 0 spiro atoms. The van der Waals surface area contributed by atoms with Crippen molar-refractivity contribution in [3.8, 4) is 0 Å². The van der Waals surface area contributed by atoms with Crippen LogP contribution in [0.3, 0.4) is 0 Å². The van der Waals surface area contributed by atoms with E-state index in [-0.39, 0.29) is 0 Å². The van der Waals surface area contributed by atoms with Gasteiger partial charge in [-0.05, 0) is 37.1 Å². The molecular formula is C19H24FN5O. The zero-order chi connectivity index (χ0) is 18.3. The number of halogens is 1. The Morgan fingerprint density at radius 1 is 1.27 bits per heavy atom. The summed E-state index contributed by atoms with van der Waals surface area (Å²) in [4.78, 5) is 9.90. The van der Waals surface area contributed by atoms with Crippen molar-refractivity contribution in [1.29, 1.82) is 0 Å². The summed E-state index contributed by atoms with van der Waals surface area (Å²) in [5.41, 5.74) is 5.44. The number of benzene rings is 1. The molecule has 0 unspecified atom stereocenters. The predicted octanol–water partition coefficient (Wildman–Crippen LogP) is 2.65. The highest BCUT2D eigenvalue weighted by Gasteiger charge is 2.33. The van der Waals surface area contributed by atoms with Crippen LogP contribution in [0, 0.1) is 13.8 Å². The lowest BCUT2D eigenvalue weighted by molar-refractivity contribution is 0.00863. The number of fused-ring (bicyclic) bond motifs is 1. The van der Waals surface area contributed by atoms with Crippen molar-refractivity contribution in [2.24, 2.45) is 7.05 Å². The Bertz CT molecular complexity index is 879. The first-order chi connectivity index (χ1) is 12.5. The molecule has 2 atom stereocenters. The lowest BCUT2D eigenvalue weighted by Crippen LogP contribution is -2.24. The first-order valence-electron chi connectivity index (χ1n) is 8.89. The van der Waals surface area contributed by atoms with Gasteiger partial charge in [-0.1, -0.05) is 0 Å². The quantitative estimate of drug-likeness (QED) is 0.763. The molecule has 0 bridgehead atoms. The minimum atomic E-state index is -0.986. The van der Waals surface area contributed by atoms with Crippen LogP contribution in [0.5, 0.6) is 0 Å². The summed E-state index contributed by atoms with van der Waals surface area (Å²) in [5, 5.41) is 4.16. The molecule has 26 heavy (non-hydrogen) atoms. The molecule has 4 rings (SSSR count). The Kier molecular flexibility index (Phi) is 4.50. The minimum absolute atomic E-state index is 0.290. The minimum Gasteiger partial charge on any atom is -0.366 e. The summed E-state index contributed by atoms with van der Waals surface area (Å²) >= 11 is 0. The summed E-state index contributed by atoms with van der Waals surface area (Å²) in [6.07, 6.45) is 2.36. The molecule has 1 saturated heterocycles. The lowest BCUT2D eigenvalue weighted by Gasteiger charge is -2.14. The van der Waals surface area contributed by atoms with Crippen LogP contribution in [-0.4, -0.2) is 50.0 Å². The average molecular weight is 357 g/mol. The highest BCUT2D eigenvalue weighted by Crippen LogP contribution is 2.21. The van der Waals surface area contributed by atoms with Crippen LogP contribution in [0.1, 0.15) is 22.5 Å². The maximum absolute atomic E-state index is 14.3. The third-order valence-electron chi connectivity index (χ3n) is 5.02. The molecule has 1 N–H and O–H groups in total. The molecule has 0 amide bonds. The van der Waals surface area contributed by atoms with Crippen LogP contribution in [0.25, 0.3) is 11.0 Å². The first kappa shape index (κ1) is 17.2. The fourth-order valence-electron chi connectivity index (χ4n) is 3.48. The molecule has 138 valence electrons. The smallest absolute Gasteiger partial charge is 0.140 e. The van der Waals surface area contributed by atoms with Crippen LogP contribution in [0.2, 0.25) is 0 Å². The van der Waals surface area contributed by atoms with Gasteiger partial charge in [0.25, 0.3) is 0 Å². The molecule has 7 heteroatoms. The average Bonchev–Trinajstić information content (AvgIpc) is 3.26. The molecule has 1 aliphatic rings. The van der Waals surface area contributed by atoms with Gasteiger partial charge in [0, 0.05) is 38.4 Å². The van der Waals surface area contributed by atoms with Gasteiger partial charge in [0.15, 0.2) is 0 Å². The van der Waals surface area contributed by atoms with E-state index in [0.717, 1.165) is 22.4 Å². The number of ether oxygens (including phenoxy) is 1. The van der Waals surface area contributed by atoms with Crippen LogP contribution < -0.4 is 0 Å². The van der Waals surface area contributed by atoms with Gasteiger partial charge in [-0.3, -0.25) is 9.58 Å². The van der Waals surface area contributed by atoms with E-state index in [4.69, 9.17) is 4.74 Å². The number of rotatable bonds is 5. The van der Waals surface area contributed by atoms with Crippen molar-refractivity contribution < 1.29 is 9.13 Å². The SMILES string of the molecule is Cc1cc2nc(CO[C@H]3CN(Cc4cnn(C)c4)C[C@H]3F)[nH]c2cc1C. The molecule has 3 aromatic rings. The summed E-state index contributed by atoms with van der Waals surface area (Å²) in [6.45, 7) is 6.10. The van der Waals surface area contributed by atoms with E-state index in [9.17, 15) is 4.39 Å². The lowest BCUT2D eigenvalue weighted by atomic mass is 10.1. The number of aromatic amines is 1. The highest BCUT2D eigenvalue weighted by molar-refractivity contribution is 5.77. The Hall–Kier alpha value is -2.25. The Labute approximate surface area is 152 Å². The van der Waals surface area contributed by atoms with Crippen LogP contribution >= 0.6 is 0 Å². The van der Waals surface area contributed by atoms with Crippen molar-refractivity contribution in [3.63, 3.8) is 0 Å².